The summed E-state index contributed by atoms with van der Waals surface area (Å²) in [6.07, 6.45) is 0. The highest BCUT2D eigenvalue weighted by Crippen LogP contribution is 2.31. The summed E-state index contributed by atoms with van der Waals surface area (Å²) in [4.78, 5) is 0.163. The molecular weight excluding hydrogens is 426 g/mol. The zero-order chi connectivity index (χ0) is 18.0. The van der Waals surface area contributed by atoms with Gasteiger partial charge in [-0.3, -0.25) is 0 Å². The lowest BCUT2D eigenvalue weighted by Gasteiger charge is -2.15. The van der Waals surface area contributed by atoms with Gasteiger partial charge in [-0.15, -0.1) is 10.2 Å². The predicted octanol–water partition coefficient (Wildman–Crippen LogP) is 3.80. The van der Waals surface area contributed by atoms with E-state index in [1.165, 1.54) is 37.6 Å². The molecule has 25 heavy (non-hydrogen) atoms. The lowest BCUT2D eigenvalue weighted by molar-refractivity contribution is 0.414. The van der Waals surface area contributed by atoms with Crippen molar-refractivity contribution >= 4 is 42.4 Å². The quantitative estimate of drug-likeness (QED) is 0.604. The third-order valence-electron chi connectivity index (χ3n) is 3.49. The zero-order valence-electron chi connectivity index (χ0n) is 13.4. The van der Waals surface area contributed by atoms with Crippen LogP contribution in [0.2, 0.25) is 0 Å². The Labute approximate surface area is 158 Å². The van der Waals surface area contributed by atoms with Gasteiger partial charge in [-0.25, -0.2) is 12.7 Å². The monoisotopic (exact) mass is 439 g/mol. The Bertz CT molecular complexity index is 971. The molecule has 0 atom stereocenters. The third kappa shape index (κ3) is 3.68. The molecule has 130 valence electrons. The molecule has 1 aromatic heterocycles. The van der Waals surface area contributed by atoms with E-state index in [0.717, 1.165) is 14.3 Å². The van der Waals surface area contributed by atoms with E-state index in [4.69, 9.17) is 4.74 Å². The van der Waals surface area contributed by atoms with Gasteiger partial charge in [0.15, 0.2) is 0 Å². The van der Waals surface area contributed by atoms with Crippen molar-refractivity contribution in [1.82, 2.24) is 10.2 Å². The number of hydrogen-bond donors (Lipinski definition) is 0. The van der Waals surface area contributed by atoms with Crippen LogP contribution in [0, 0.1) is 0 Å². The van der Waals surface area contributed by atoms with Crippen LogP contribution < -0.4 is 9.04 Å². The third-order valence-corrected chi connectivity index (χ3v) is 6.95. The van der Waals surface area contributed by atoms with E-state index < -0.39 is 10.0 Å². The topological polar surface area (TPSA) is 72.4 Å². The van der Waals surface area contributed by atoms with E-state index in [1.54, 1.807) is 12.1 Å². The second-order valence-electron chi connectivity index (χ2n) is 5.04. The van der Waals surface area contributed by atoms with Gasteiger partial charge in [0.05, 0.1) is 12.0 Å². The highest BCUT2D eigenvalue weighted by Gasteiger charge is 2.24. The average molecular weight is 440 g/mol. The molecule has 0 radical (unpaired) electrons. The van der Waals surface area contributed by atoms with Crippen molar-refractivity contribution in [3.05, 3.63) is 53.0 Å². The Kier molecular flexibility index (Phi) is 5.07. The van der Waals surface area contributed by atoms with E-state index in [2.05, 4.69) is 26.1 Å². The maximum Gasteiger partial charge on any atom is 0.265 e. The Balaban J connectivity index is 1.89. The number of anilines is 1. The summed E-state index contributed by atoms with van der Waals surface area (Å²) in [5.41, 5.74) is 0.877. The summed E-state index contributed by atoms with van der Waals surface area (Å²) in [5, 5.41) is 9.07. The van der Waals surface area contributed by atoms with Gasteiger partial charge in [-0.1, -0.05) is 39.4 Å². The van der Waals surface area contributed by atoms with Crippen LogP contribution in [-0.2, 0) is 10.0 Å². The van der Waals surface area contributed by atoms with Gasteiger partial charge < -0.3 is 4.74 Å². The normalized spacial score (nSPS) is 11.3. The van der Waals surface area contributed by atoms with E-state index in [-0.39, 0.29) is 4.90 Å². The largest absolute Gasteiger partial charge is 0.497 e. The van der Waals surface area contributed by atoms with Crippen LogP contribution in [0.5, 0.6) is 5.75 Å². The van der Waals surface area contributed by atoms with Crippen molar-refractivity contribution in [1.29, 1.82) is 0 Å². The molecule has 0 bridgehead atoms. The van der Waals surface area contributed by atoms with Gasteiger partial charge in [0.2, 0.25) is 5.13 Å². The van der Waals surface area contributed by atoms with Crippen LogP contribution in [0.3, 0.4) is 0 Å². The van der Waals surface area contributed by atoms with Gasteiger partial charge in [0, 0.05) is 17.1 Å². The van der Waals surface area contributed by atoms with E-state index >= 15 is 0 Å². The molecule has 0 spiro atoms. The fraction of sp³-hybridized carbons (Fsp3) is 0.125. The number of methoxy groups -OCH3 is 1. The lowest BCUT2D eigenvalue weighted by Crippen LogP contribution is -2.26. The number of rotatable bonds is 5. The molecule has 0 fully saturated rings. The number of ether oxygens (including phenoxy) is 1. The summed E-state index contributed by atoms with van der Waals surface area (Å²) in [6.45, 7) is 0. The number of halogens is 1. The van der Waals surface area contributed by atoms with Crippen LogP contribution >= 0.6 is 27.3 Å². The summed E-state index contributed by atoms with van der Waals surface area (Å²) in [6, 6.07) is 13.8. The number of benzene rings is 2. The van der Waals surface area contributed by atoms with Crippen LogP contribution in [0.15, 0.2) is 57.9 Å². The minimum atomic E-state index is -3.71. The van der Waals surface area contributed by atoms with Gasteiger partial charge in [0.1, 0.15) is 10.8 Å². The first-order valence-electron chi connectivity index (χ1n) is 7.14. The standard InChI is InChI=1S/C16H14BrN3O3S2/c1-20(25(21,22)14-9-7-13(23-2)8-10-14)16-19-18-15(24-16)11-3-5-12(17)6-4-11/h3-10H,1-2H3. The van der Waals surface area contributed by atoms with Crippen LogP contribution in [0.4, 0.5) is 5.13 Å². The Morgan fingerprint density at radius 2 is 1.68 bits per heavy atom. The number of nitrogens with zero attached hydrogens (tertiary/aromatic N) is 3. The molecular formula is C16H14BrN3O3S2. The van der Waals surface area contributed by atoms with E-state index in [0.29, 0.717) is 15.9 Å². The van der Waals surface area contributed by atoms with E-state index in [1.807, 2.05) is 24.3 Å². The Hall–Kier alpha value is -1.97. The van der Waals surface area contributed by atoms with Gasteiger partial charge in [0.25, 0.3) is 10.0 Å². The molecule has 3 aromatic rings. The number of aromatic nitrogens is 2. The van der Waals surface area contributed by atoms with E-state index in [9.17, 15) is 8.42 Å². The fourth-order valence-electron chi connectivity index (χ4n) is 2.06. The van der Waals surface area contributed by atoms with Gasteiger partial charge >= 0.3 is 0 Å². The van der Waals surface area contributed by atoms with Crippen molar-refractivity contribution < 1.29 is 13.2 Å². The molecule has 1 heterocycles. The highest BCUT2D eigenvalue weighted by atomic mass is 79.9. The first-order chi connectivity index (χ1) is 11.9. The Morgan fingerprint density at radius 3 is 2.28 bits per heavy atom. The minimum Gasteiger partial charge on any atom is -0.497 e. The molecule has 0 saturated carbocycles. The summed E-state index contributed by atoms with van der Waals surface area (Å²) in [7, 11) is -0.722. The number of sulfonamides is 1. The molecule has 0 aliphatic carbocycles. The second kappa shape index (κ2) is 7.11. The molecule has 6 nitrogen and oxygen atoms in total. The number of hydrogen-bond acceptors (Lipinski definition) is 6. The smallest absolute Gasteiger partial charge is 0.265 e. The van der Waals surface area contributed by atoms with Crippen molar-refractivity contribution in [2.24, 2.45) is 0 Å². The van der Waals surface area contributed by atoms with Crippen molar-refractivity contribution in [2.45, 2.75) is 4.90 Å². The lowest BCUT2D eigenvalue weighted by atomic mass is 10.2. The molecule has 3 rings (SSSR count). The first kappa shape index (κ1) is 17.8. The first-order valence-corrected chi connectivity index (χ1v) is 10.2. The molecule has 0 N–H and O–H groups in total. The minimum absolute atomic E-state index is 0.163. The summed E-state index contributed by atoms with van der Waals surface area (Å²) < 4.78 is 32.6. The summed E-state index contributed by atoms with van der Waals surface area (Å²) >= 11 is 4.59. The van der Waals surface area contributed by atoms with Crippen molar-refractivity contribution in [2.75, 3.05) is 18.5 Å². The molecule has 0 amide bonds. The summed E-state index contributed by atoms with van der Waals surface area (Å²) in [5.74, 6) is 0.593. The molecule has 9 heteroatoms. The molecule has 0 aliphatic heterocycles. The maximum absolute atomic E-state index is 12.7. The second-order valence-corrected chi connectivity index (χ2v) is 8.89. The molecule has 2 aromatic carbocycles. The maximum atomic E-state index is 12.7. The van der Waals surface area contributed by atoms with Crippen molar-refractivity contribution in [3.63, 3.8) is 0 Å². The zero-order valence-corrected chi connectivity index (χ0v) is 16.6. The van der Waals surface area contributed by atoms with Gasteiger partial charge in [-0.2, -0.15) is 0 Å². The SMILES string of the molecule is COc1ccc(S(=O)(=O)N(C)c2nnc(-c3ccc(Br)cc3)s2)cc1. The highest BCUT2D eigenvalue weighted by molar-refractivity contribution is 9.10. The molecule has 0 unspecified atom stereocenters. The van der Waals surface area contributed by atoms with Crippen LogP contribution in [-0.4, -0.2) is 32.8 Å². The average Bonchev–Trinajstić information content (AvgIpc) is 3.11. The predicted molar refractivity (Wildman–Crippen MR) is 102 cm³/mol. The molecule has 0 saturated heterocycles. The van der Waals surface area contributed by atoms with Crippen molar-refractivity contribution in [3.8, 4) is 16.3 Å². The fourth-order valence-corrected chi connectivity index (χ4v) is 4.49. The van der Waals surface area contributed by atoms with Crippen LogP contribution in [0.1, 0.15) is 0 Å². The van der Waals surface area contributed by atoms with Crippen LogP contribution in [0.25, 0.3) is 10.6 Å². The Morgan fingerprint density at radius 1 is 1.04 bits per heavy atom. The van der Waals surface area contributed by atoms with Gasteiger partial charge in [-0.05, 0) is 36.4 Å². The molecule has 0 aliphatic rings.